The van der Waals surface area contributed by atoms with Crippen molar-refractivity contribution in [2.75, 3.05) is 0 Å². The van der Waals surface area contributed by atoms with Gasteiger partial charge in [-0.15, -0.1) is 0 Å². The summed E-state index contributed by atoms with van der Waals surface area (Å²) < 4.78 is 37.2. The fourth-order valence-corrected chi connectivity index (χ4v) is 1.39. The largest absolute Gasteiger partial charge is 0.417 e. The Morgan fingerprint density at radius 3 is 2.17 bits per heavy atom. The van der Waals surface area contributed by atoms with Crippen LogP contribution in [-0.4, -0.2) is 33.6 Å². The molecule has 0 heterocycles. The Balaban J connectivity index is 2.59. The van der Waals surface area contributed by atoms with E-state index in [-0.39, 0.29) is 11.3 Å². The molecule has 0 aromatic heterocycles. The van der Waals surface area contributed by atoms with Crippen molar-refractivity contribution >= 4 is 17.5 Å². The van der Waals surface area contributed by atoms with Gasteiger partial charge in [-0.25, -0.2) is 0 Å². The average molecular weight is 335 g/mol. The highest BCUT2D eigenvalue weighted by Crippen LogP contribution is 2.32. The third-order valence-electron chi connectivity index (χ3n) is 2.77. The number of benzene rings is 1. The van der Waals surface area contributed by atoms with Crippen LogP contribution in [0.2, 0.25) is 0 Å². The minimum Gasteiger partial charge on any atom is -0.380 e. The van der Waals surface area contributed by atoms with E-state index in [9.17, 15) is 32.9 Å². The van der Waals surface area contributed by atoms with Gasteiger partial charge in [0, 0.05) is 17.7 Å². The minimum absolute atomic E-state index is 0.0570. The van der Waals surface area contributed by atoms with Crippen LogP contribution in [-0.2, 0) is 4.79 Å². The molecule has 0 aliphatic heterocycles. The lowest BCUT2D eigenvalue weighted by Gasteiger charge is -2.25. The molecule has 0 aliphatic rings. The smallest absolute Gasteiger partial charge is 0.380 e. The Morgan fingerprint density at radius 2 is 1.74 bits per heavy atom. The predicted molar refractivity (Wildman–Crippen MR) is 70.0 cm³/mol. The fourth-order valence-electron chi connectivity index (χ4n) is 1.39. The lowest BCUT2D eigenvalue weighted by Crippen LogP contribution is -2.49. The third-order valence-corrected chi connectivity index (χ3v) is 2.77. The number of hydrogen-bond acceptors (Lipinski definition) is 5. The van der Waals surface area contributed by atoms with E-state index in [2.05, 4.69) is 0 Å². The Morgan fingerprint density at radius 1 is 1.22 bits per heavy atom. The van der Waals surface area contributed by atoms with Crippen molar-refractivity contribution in [3.8, 4) is 0 Å². The second-order valence-electron chi connectivity index (χ2n) is 4.75. The van der Waals surface area contributed by atoms with Crippen molar-refractivity contribution < 1.29 is 32.8 Å². The molecule has 0 unspecified atom stereocenters. The molecule has 8 nitrogen and oxygen atoms in total. The maximum Gasteiger partial charge on any atom is 0.417 e. The summed E-state index contributed by atoms with van der Waals surface area (Å²) in [5.74, 6) is -2.15. The summed E-state index contributed by atoms with van der Waals surface area (Å²) >= 11 is 0. The fraction of sp³-hybridized carbons (Fsp3) is 0.333. The first kappa shape index (κ1) is 18.4. The van der Waals surface area contributed by atoms with Gasteiger partial charge in [0.1, 0.15) is 0 Å². The van der Waals surface area contributed by atoms with Crippen LogP contribution >= 0.6 is 0 Å². The average Bonchev–Trinajstić information content (AvgIpc) is 2.43. The van der Waals surface area contributed by atoms with E-state index in [0.717, 1.165) is 24.3 Å². The first-order valence-electron chi connectivity index (χ1n) is 6.07. The van der Waals surface area contributed by atoms with Crippen molar-refractivity contribution in [3.05, 3.63) is 39.9 Å². The van der Waals surface area contributed by atoms with Crippen LogP contribution in [0.15, 0.2) is 24.3 Å². The molecule has 11 heteroatoms. The van der Waals surface area contributed by atoms with Crippen molar-refractivity contribution in [3.63, 3.8) is 0 Å². The van der Waals surface area contributed by atoms with Gasteiger partial charge >= 0.3 is 6.18 Å². The maximum atomic E-state index is 12.4. The molecule has 1 atom stereocenters. The molecule has 126 valence electrons. The quantitative estimate of drug-likeness (QED) is 0.561. The predicted octanol–water partition coefficient (Wildman–Crippen LogP) is 1.06. The zero-order chi connectivity index (χ0) is 17.8. The Kier molecular flexibility index (Phi) is 5.27. The van der Waals surface area contributed by atoms with E-state index in [1.54, 1.807) is 5.43 Å². The third kappa shape index (κ3) is 4.92. The zero-order valence-electron chi connectivity index (χ0n) is 11.7. The summed E-state index contributed by atoms with van der Waals surface area (Å²) in [6, 6.07) is 4.30. The molecule has 0 bridgehead atoms. The summed E-state index contributed by atoms with van der Waals surface area (Å²) in [5, 5.41) is 19.6. The molecular formula is C12H12F3N3O5. The highest BCUT2D eigenvalue weighted by Gasteiger charge is 2.51. The summed E-state index contributed by atoms with van der Waals surface area (Å²) in [7, 11) is 0. The van der Waals surface area contributed by atoms with Gasteiger partial charge in [0.25, 0.3) is 11.6 Å². The van der Waals surface area contributed by atoms with Crippen LogP contribution in [0.1, 0.15) is 23.7 Å². The van der Waals surface area contributed by atoms with Crippen molar-refractivity contribution in [2.45, 2.75) is 25.1 Å². The van der Waals surface area contributed by atoms with E-state index in [4.69, 9.17) is 5.11 Å². The van der Waals surface area contributed by atoms with Crippen molar-refractivity contribution in [2.24, 2.45) is 0 Å². The van der Waals surface area contributed by atoms with Gasteiger partial charge in [0.15, 0.2) is 5.60 Å². The first-order valence-corrected chi connectivity index (χ1v) is 6.07. The molecule has 3 N–H and O–H groups in total. The van der Waals surface area contributed by atoms with Crippen LogP contribution in [0.4, 0.5) is 18.9 Å². The van der Waals surface area contributed by atoms with E-state index >= 15 is 0 Å². The number of halogens is 3. The van der Waals surface area contributed by atoms with Crippen LogP contribution in [0, 0.1) is 10.1 Å². The number of aliphatic hydroxyl groups is 1. The molecule has 1 rings (SSSR count). The number of alkyl halides is 3. The molecule has 23 heavy (non-hydrogen) atoms. The zero-order valence-corrected chi connectivity index (χ0v) is 11.7. The molecule has 0 aliphatic carbocycles. The molecule has 2 amide bonds. The number of non-ortho nitro benzene ring substituents is 1. The Labute approximate surface area is 127 Å². The summed E-state index contributed by atoms with van der Waals surface area (Å²) in [4.78, 5) is 32.7. The second kappa shape index (κ2) is 6.60. The van der Waals surface area contributed by atoms with E-state index in [1.165, 1.54) is 0 Å². The number of hydrogen-bond donors (Lipinski definition) is 3. The number of hydrazine groups is 1. The molecule has 0 saturated carbocycles. The molecule has 0 radical (unpaired) electrons. The summed E-state index contributed by atoms with van der Waals surface area (Å²) in [6.45, 7) is 0.421. The van der Waals surface area contributed by atoms with Gasteiger partial charge in [-0.2, -0.15) is 13.2 Å². The minimum atomic E-state index is -5.01. The molecule has 0 fully saturated rings. The molecule has 0 spiro atoms. The Hall–Kier alpha value is -2.69. The molecule has 0 saturated heterocycles. The lowest BCUT2D eigenvalue weighted by molar-refractivity contribution is -0.384. The highest BCUT2D eigenvalue weighted by molar-refractivity contribution is 5.95. The molecular weight excluding hydrogens is 323 g/mol. The van der Waals surface area contributed by atoms with Gasteiger partial charge in [0.05, 0.1) is 11.3 Å². The number of carbonyl (C=O) groups excluding carboxylic acids is 2. The highest BCUT2D eigenvalue weighted by atomic mass is 19.4. The van der Waals surface area contributed by atoms with Crippen LogP contribution < -0.4 is 10.9 Å². The van der Waals surface area contributed by atoms with E-state index in [0.29, 0.717) is 6.92 Å². The number of nitrogens with one attached hydrogen (secondary N) is 2. The number of carbonyl (C=O) groups is 2. The first-order chi connectivity index (χ1) is 10.4. The maximum absolute atomic E-state index is 12.4. The standard InChI is InChI=1S/C12H12F3N3O5/c1-11(21,12(13,14)15)6-9(19)16-17-10(20)7-2-4-8(5-3-7)18(22)23/h2-5,21H,6H2,1H3,(H,16,19)(H,17,20)/t11-/m1/s1. The van der Waals surface area contributed by atoms with E-state index < -0.39 is 34.9 Å². The topological polar surface area (TPSA) is 122 Å². The number of nitrogens with zero attached hydrogens (tertiary/aromatic N) is 1. The second-order valence-corrected chi connectivity index (χ2v) is 4.75. The number of amides is 2. The van der Waals surface area contributed by atoms with Crippen LogP contribution in [0.5, 0.6) is 0 Å². The SMILES string of the molecule is C[C@@](O)(CC(=O)NNC(=O)c1ccc([N+](=O)[O-])cc1)C(F)(F)F. The Bertz CT molecular complexity index is 613. The van der Waals surface area contributed by atoms with Crippen LogP contribution in [0.25, 0.3) is 0 Å². The lowest BCUT2D eigenvalue weighted by atomic mass is 10.0. The normalized spacial score (nSPS) is 13.8. The van der Waals surface area contributed by atoms with Gasteiger partial charge < -0.3 is 5.11 Å². The van der Waals surface area contributed by atoms with E-state index in [1.807, 2.05) is 5.43 Å². The number of nitro benzene ring substituents is 1. The monoisotopic (exact) mass is 335 g/mol. The van der Waals surface area contributed by atoms with Crippen molar-refractivity contribution in [1.82, 2.24) is 10.9 Å². The number of nitro groups is 1. The van der Waals surface area contributed by atoms with Gasteiger partial charge in [-0.3, -0.25) is 30.6 Å². The van der Waals surface area contributed by atoms with Crippen LogP contribution in [0.3, 0.4) is 0 Å². The number of rotatable bonds is 4. The molecule has 1 aromatic rings. The summed E-state index contributed by atoms with van der Waals surface area (Å²) in [6.07, 6.45) is -6.32. The molecule has 1 aromatic carbocycles. The van der Waals surface area contributed by atoms with Gasteiger partial charge in [-0.1, -0.05) is 0 Å². The van der Waals surface area contributed by atoms with Gasteiger partial charge in [0.2, 0.25) is 5.91 Å². The summed E-state index contributed by atoms with van der Waals surface area (Å²) in [5.41, 5.74) is -0.00665. The van der Waals surface area contributed by atoms with Gasteiger partial charge in [-0.05, 0) is 19.1 Å². The van der Waals surface area contributed by atoms with Crippen molar-refractivity contribution in [1.29, 1.82) is 0 Å².